The molecule has 0 N–H and O–H groups in total. The van der Waals surface area contributed by atoms with Crippen molar-refractivity contribution in [3.8, 4) is 6.07 Å². The summed E-state index contributed by atoms with van der Waals surface area (Å²) >= 11 is 0. The summed E-state index contributed by atoms with van der Waals surface area (Å²) in [5.41, 5.74) is 1.98. The van der Waals surface area contributed by atoms with E-state index in [1.165, 1.54) is 16.4 Å². The molecule has 0 bridgehead atoms. The van der Waals surface area contributed by atoms with E-state index in [-0.39, 0.29) is 54.9 Å². The van der Waals surface area contributed by atoms with Crippen molar-refractivity contribution in [1.29, 1.82) is 5.26 Å². The summed E-state index contributed by atoms with van der Waals surface area (Å²) in [6.07, 6.45) is 0.154. The van der Waals surface area contributed by atoms with Crippen LogP contribution in [-0.2, 0) is 19.6 Å². The van der Waals surface area contributed by atoms with Gasteiger partial charge in [0.2, 0.25) is 21.8 Å². The highest BCUT2D eigenvalue weighted by Gasteiger charge is 2.39. The van der Waals surface area contributed by atoms with Crippen LogP contribution in [0.4, 0.5) is 5.69 Å². The third-order valence-electron chi connectivity index (χ3n) is 6.00. The quantitative estimate of drug-likeness (QED) is 0.703. The number of rotatable bonds is 4. The highest BCUT2D eigenvalue weighted by Crippen LogP contribution is 2.27. The molecule has 2 amide bonds. The second-order valence-electron chi connectivity index (χ2n) is 8.08. The maximum absolute atomic E-state index is 13.0. The molecule has 0 aromatic heterocycles. The highest BCUT2D eigenvalue weighted by atomic mass is 32.2. The number of hydrogen-bond acceptors (Lipinski definition) is 5. The van der Waals surface area contributed by atoms with Crippen molar-refractivity contribution >= 4 is 27.5 Å². The van der Waals surface area contributed by atoms with Crippen molar-refractivity contribution in [2.24, 2.45) is 5.92 Å². The summed E-state index contributed by atoms with van der Waals surface area (Å²) in [6.45, 7) is 3.10. The molecule has 2 saturated heterocycles. The normalized spacial score (nSPS) is 19.8. The molecule has 8 nitrogen and oxygen atoms in total. The fourth-order valence-electron chi connectivity index (χ4n) is 4.18. The number of nitriles is 1. The molecular formula is C23H24N4O4S. The number of carbonyl (C=O) groups excluding carboxylic acids is 2. The van der Waals surface area contributed by atoms with E-state index in [2.05, 4.69) is 0 Å². The summed E-state index contributed by atoms with van der Waals surface area (Å²) in [6, 6.07) is 15.7. The lowest BCUT2D eigenvalue weighted by Gasteiger charge is -2.35. The lowest BCUT2D eigenvalue weighted by atomic mass is 10.1. The van der Waals surface area contributed by atoms with E-state index in [1.807, 2.05) is 37.3 Å². The topological polar surface area (TPSA) is 102 Å². The van der Waals surface area contributed by atoms with Gasteiger partial charge in [0.25, 0.3) is 0 Å². The van der Waals surface area contributed by atoms with Crippen molar-refractivity contribution in [3.63, 3.8) is 0 Å². The predicted octanol–water partition coefficient (Wildman–Crippen LogP) is 1.75. The van der Waals surface area contributed by atoms with E-state index in [1.54, 1.807) is 21.9 Å². The summed E-state index contributed by atoms with van der Waals surface area (Å²) in [5, 5.41) is 9.24. The number of hydrogen-bond donors (Lipinski definition) is 0. The van der Waals surface area contributed by atoms with Crippen LogP contribution in [0.3, 0.4) is 0 Å². The Hall–Kier alpha value is -3.22. The molecule has 0 radical (unpaired) electrons. The van der Waals surface area contributed by atoms with Gasteiger partial charge in [-0.1, -0.05) is 29.8 Å². The van der Waals surface area contributed by atoms with Crippen LogP contribution in [0.1, 0.15) is 17.5 Å². The standard InChI is InChI=1S/C23H24N4O4S/c1-17-6-8-20(9-7-17)27-16-19(14-22(27)28)23(29)25-10-12-26(13-11-25)32(30,31)21-5-3-2-4-18(21)15-24/h2-9,19H,10-14,16H2,1H3. The first-order valence-corrected chi connectivity index (χ1v) is 11.9. The second kappa shape index (κ2) is 8.73. The zero-order chi connectivity index (χ0) is 22.9. The first kappa shape index (κ1) is 22.0. The minimum atomic E-state index is -3.82. The number of piperazine rings is 1. The van der Waals surface area contributed by atoms with Crippen LogP contribution < -0.4 is 4.90 Å². The van der Waals surface area contributed by atoms with Crippen LogP contribution in [0.5, 0.6) is 0 Å². The van der Waals surface area contributed by atoms with E-state index in [4.69, 9.17) is 0 Å². The average molecular weight is 453 g/mol. The first-order chi connectivity index (χ1) is 15.3. The molecular weight excluding hydrogens is 428 g/mol. The average Bonchev–Trinajstić information content (AvgIpc) is 3.20. The van der Waals surface area contributed by atoms with Gasteiger partial charge < -0.3 is 9.80 Å². The zero-order valence-electron chi connectivity index (χ0n) is 17.8. The first-order valence-electron chi connectivity index (χ1n) is 10.5. The van der Waals surface area contributed by atoms with Gasteiger partial charge in [-0.2, -0.15) is 9.57 Å². The van der Waals surface area contributed by atoms with Gasteiger partial charge in [0.1, 0.15) is 6.07 Å². The number of benzene rings is 2. The Morgan fingerprint density at radius 1 is 1.03 bits per heavy atom. The molecule has 2 heterocycles. The van der Waals surface area contributed by atoms with Crippen LogP contribution in [-0.4, -0.2) is 62.2 Å². The van der Waals surface area contributed by atoms with E-state index in [0.717, 1.165) is 11.3 Å². The Kier molecular flexibility index (Phi) is 6.00. The summed E-state index contributed by atoms with van der Waals surface area (Å²) in [5.74, 6) is -0.643. The predicted molar refractivity (Wildman–Crippen MR) is 118 cm³/mol. The molecule has 166 valence electrons. The van der Waals surface area contributed by atoms with Crippen LogP contribution >= 0.6 is 0 Å². The molecule has 2 fully saturated rings. The van der Waals surface area contributed by atoms with Gasteiger partial charge in [-0.25, -0.2) is 8.42 Å². The monoisotopic (exact) mass is 452 g/mol. The fourth-order valence-corrected chi connectivity index (χ4v) is 5.74. The molecule has 2 aromatic rings. The van der Waals surface area contributed by atoms with Crippen LogP contribution in [0, 0.1) is 24.2 Å². The zero-order valence-corrected chi connectivity index (χ0v) is 18.6. The summed E-state index contributed by atoms with van der Waals surface area (Å²) < 4.78 is 27.3. The maximum atomic E-state index is 13.0. The Balaban J connectivity index is 1.40. The maximum Gasteiger partial charge on any atom is 0.244 e. The Bertz CT molecular complexity index is 1180. The molecule has 2 aliphatic heterocycles. The largest absolute Gasteiger partial charge is 0.340 e. The van der Waals surface area contributed by atoms with Crippen molar-refractivity contribution in [2.75, 3.05) is 37.6 Å². The number of sulfonamides is 1. The number of anilines is 1. The summed E-state index contributed by atoms with van der Waals surface area (Å²) in [4.78, 5) is 28.8. The molecule has 4 rings (SSSR count). The van der Waals surface area contributed by atoms with Crippen molar-refractivity contribution < 1.29 is 18.0 Å². The fraction of sp³-hybridized carbons (Fsp3) is 0.348. The van der Waals surface area contributed by atoms with E-state index in [9.17, 15) is 23.3 Å². The van der Waals surface area contributed by atoms with Crippen LogP contribution in [0.2, 0.25) is 0 Å². The molecule has 0 aliphatic carbocycles. The van der Waals surface area contributed by atoms with Gasteiger partial charge in [-0.15, -0.1) is 0 Å². The van der Waals surface area contributed by atoms with Crippen molar-refractivity contribution in [2.45, 2.75) is 18.2 Å². The molecule has 2 aromatic carbocycles. The Morgan fingerprint density at radius 3 is 2.34 bits per heavy atom. The molecule has 1 unspecified atom stereocenters. The number of carbonyl (C=O) groups is 2. The van der Waals surface area contributed by atoms with E-state index < -0.39 is 15.9 Å². The van der Waals surface area contributed by atoms with E-state index in [0.29, 0.717) is 6.54 Å². The number of nitrogens with zero attached hydrogens (tertiary/aromatic N) is 4. The van der Waals surface area contributed by atoms with Gasteiger partial charge in [0.05, 0.1) is 16.4 Å². The molecule has 9 heteroatoms. The SMILES string of the molecule is Cc1ccc(N2CC(C(=O)N3CCN(S(=O)(=O)c4ccccc4C#N)CC3)CC2=O)cc1. The molecule has 0 saturated carbocycles. The number of amides is 2. The Labute approximate surface area is 187 Å². The molecule has 0 spiro atoms. The van der Waals surface area contributed by atoms with E-state index >= 15 is 0 Å². The van der Waals surface area contributed by atoms with Gasteiger partial charge in [0, 0.05) is 44.8 Å². The van der Waals surface area contributed by atoms with Gasteiger partial charge >= 0.3 is 0 Å². The van der Waals surface area contributed by atoms with Crippen LogP contribution in [0.15, 0.2) is 53.4 Å². The van der Waals surface area contributed by atoms with Gasteiger partial charge in [0.15, 0.2) is 0 Å². The van der Waals surface area contributed by atoms with Crippen molar-refractivity contribution in [1.82, 2.24) is 9.21 Å². The molecule has 32 heavy (non-hydrogen) atoms. The lowest BCUT2D eigenvalue weighted by Crippen LogP contribution is -2.52. The van der Waals surface area contributed by atoms with Gasteiger partial charge in [-0.3, -0.25) is 9.59 Å². The van der Waals surface area contributed by atoms with Crippen LogP contribution in [0.25, 0.3) is 0 Å². The van der Waals surface area contributed by atoms with Gasteiger partial charge in [-0.05, 0) is 31.2 Å². The summed E-state index contributed by atoms with van der Waals surface area (Å²) in [7, 11) is -3.82. The molecule has 2 aliphatic rings. The van der Waals surface area contributed by atoms with Crippen molar-refractivity contribution in [3.05, 3.63) is 59.7 Å². The molecule has 1 atom stereocenters. The number of aryl methyl sites for hydroxylation is 1. The minimum absolute atomic E-state index is 0.0163. The lowest BCUT2D eigenvalue weighted by molar-refractivity contribution is -0.136. The highest BCUT2D eigenvalue weighted by molar-refractivity contribution is 7.89. The third kappa shape index (κ3) is 4.11. The second-order valence-corrected chi connectivity index (χ2v) is 9.98. The smallest absolute Gasteiger partial charge is 0.244 e. The Morgan fingerprint density at radius 2 is 1.69 bits per heavy atom. The third-order valence-corrected chi connectivity index (χ3v) is 7.95. The minimum Gasteiger partial charge on any atom is -0.340 e.